The number of hydrogen-bond acceptors (Lipinski definition) is 1. The third-order valence-corrected chi connectivity index (χ3v) is 3.19. The predicted octanol–water partition coefficient (Wildman–Crippen LogP) is 4.52. The maximum absolute atomic E-state index is 3.58. The van der Waals surface area contributed by atoms with Crippen molar-refractivity contribution in [2.75, 3.05) is 6.54 Å². The summed E-state index contributed by atoms with van der Waals surface area (Å²) in [6, 6.07) is 0.687. The Hall–Kier alpha value is -0.480. The smallest absolute Gasteiger partial charge is 0.0103 e. The van der Waals surface area contributed by atoms with Crippen LogP contribution in [0.3, 0.4) is 0 Å². The second-order valence-electron chi connectivity index (χ2n) is 4.78. The lowest BCUT2D eigenvalue weighted by molar-refractivity contribution is 0.443. The van der Waals surface area contributed by atoms with Crippen LogP contribution < -0.4 is 5.32 Å². The fourth-order valence-corrected chi connectivity index (χ4v) is 2.18. The molecule has 0 aromatic carbocycles. The van der Waals surface area contributed by atoms with Gasteiger partial charge in [-0.3, -0.25) is 0 Å². The molecule has 1 atom stereocenters. The van der Waals surface area contributed by atoms with Gasteiger partial charge in [0.05, 0.1) is 0 Å². The van der Waals surface area contributed by atoms with E-state index in [1.165, 1.54) is 51.4 Å². The van der Waals surface area contributed by atoms with E-state index in [1.54, 1.807) is 0 Å². The molecule has 0 spiro atoms. The largest absolute Gasteiger partial charge is 0.314 e. The third kappa shape index (κ3) is 11.8. The second-order valence-corrected chi connectivity index (χ2v) is 4.78. The molecule has 0 bridgehead atoms. The van der Waals surface area contributed by atoms with Gasteiger partial charge >= 0.3 is 0 Å². The van der Waals surface area contributed by atoms with E-state index in [4.69, 9.17) is 0 Å². The summed E-state index contributed by atoms with van der Waals surface area (Å²) in [5.74, 6) is 6.14. The Balaban J connectivity index is 3.50. The van der Waals surface area contributed by atoms with Crippen molar-refractivity contribution < 1.29 is 0 Å². The van der Waals surface area contributed by atoms with Crippen LogP contribution in [0.2, 0.25) is 0 Å². The van der Waals surface area contributed by atoms with Crippen molar-refractivity contribution in [2.45, 2.75) is 84.6 Å². The highest BCUT2D eigenvalue weighted by Crippen LogP contribution is 2.11. The standard InChI is InChI=1S/C16H31N/c1-4-7-9-10-11-13-15-16(17-6-3)14-12-8-5-2/h16-17H,4,6-7,9-15H2,1-3H3. The van der Waals surface area contributed by atoms with Gasteiger partial charge in [-0.2, -0.15) is 0 Å². The second kappa shape index (κ2) is 13.6. The molecular formula is C16H31N. The number of unbranched alkanes of at least 4 members (excludes halogenated alkanes) is 5. The molecule has 0 aliphatic heterocycles. The number of nitrogens with one attached hydrogen (secondary N) is 1. The van der Waals surface area contributed by atoms with Crippen LogP contribution >= 0.6 is 0 Å². The molecule has 0 saturated carbocycles. The van der Waals surface area contributed by atoms with Gasteiger partial charge in [0.25, 0.3) is 0 Å². The molecule has 0 saturated heterocycles. The summed E-state index contributed by atoms with van der Waals surface area (Å²) in [4.78, 5) is 0. The molecule has 0 aliphatic carbocycles. The molecule has 1 heteroatoms. The van der Waals surface area contributed by atoms with Crippen LogP contribution in [0.25, 0.3) is 0 Å². The van der Waals surface area contributed by atoms with Gasteiger partial charge < -0.3 is 5.32 Å². The fraction of sp³-hybridized carbons (Fsp3) is 0.875. The number of rotatable bonds is 11. The van der Waals surface area contributed by atoms with Crippen molar-refractivity contribution in [3.05, 3.63) is 0 Å². The summed E-state index contributed by atoms with van der Waals surface area (Å²) in [7, 11) is 0. The van der Waals surface area contributed by atoms with Crippen LogP contribution in [0.5, 0.6) is 0 Å². The average Bonchev–Trinajstić information content (AvgIpc) is 2.34. The van der Waals surface area contributed by atoms with Crippen molar-refractivity contribution in [1.82, 2.24) is 5.32 Å². The molecule has 0 aromatic rings. The Kier molecular flexibility index (Phi) is 13.2. The molecule has 0 heterocycles. The summed E-state index contributed by atoms with van der Waals surface area (Å²) in [5, 5.41) is 3.58. The van der Waals surface area contributed by atoms with E-state index in [0.717, 1.165) is 13.0 Å². The Morgan fingerprint density at radius 3 is 2.29 bits per heavy atom. The molecule has 100 valence electrons. The van der Waals surface area contributed by atoms with Gasteiger partial charge in [0.2, 0.25) is 0 Å². The minimum atomic E-state index is 0.687. The van der Waals surface area contributed by atoms with Gasteiger partial charge in [0, 0.05) is 12.5 Å². The molecule has 0 aliphatic rings. The van der Waals surface area contributed by atoms with Crippen molar-refractivity contribution in [3.8, 4) is 11.8 Å². The Bertz CT molecular complexity index is 199. The minimum Gasteiger partial charge on any atom is -0.314 e. The van der Waals surface area contributed by atoms with E-state index in [2.05, 4.69) is 31.0 Å². The molecular weight excluding hydrogens is 206 g/mol. The minimum absolute atomic E-state index is 0.687. The van der Waals surface area contributed by atoms with E-state index < -0.39 is 0 Å². The summed E-state index contributed by atoms with van der Waals surface area (Å²) in [5.41, 5.74) is 0. The van der Waals surface area contributed by atoms with Crippen LogP contribution in [-0.2, 0) is 0 Å². The van der Waals surface area contributed by atoms with E-state index in [9.17, 15) is 0 Å². The maximum atomic E-state index is 3.58. The van der Waals surface area contributed by atoms with E-state index >= 15 is 0 Å². The van der Waals surface area contributed by atoms with E-state index in [0.29, 0.717) is 6.04 Å². The van der Waals surface area contributed by atoms with Crippen LogP contribution in [-0.4, -0.2) is 12.6 Å². The highest BCUT2D eigenvalue weighted by Gasteiger charge is 2.05. The molecule has 0 radical (unpaired) electrons. The normalized spacial score (nSPS) is 11.9. The zero-order valence-corrected chi connectivity index (χ0v) is 12.1. The Morgan fingerprint density at radius 2 is 1.65 bits per heavy atom. The van der Waals surface area contributed by atoms with Crippen LogP contribution in [0.1, 0.15) is 78.6 Å². The number of hydrogen-bond donors (Lipinski definition) is 1. The third-order valence-electron chi connectivity index (χ3n) is 3.19. The SMILES string of the molecule is CC#CCCC(CCCCCCCC)NCC. The van der Waals surface area contributed by atoms with Gasteiger partial charge in [-0.25, -0.2) is 0 Å². The summed E-state index contributed by atoms with van der Waals surface area (Å²) < 4.78 is 0. The highest BCUT2D eigenvalue weighted by molar-refractivity contribution is 4.95. The maximum Gasteiger partial charge on any atom is 0.0103 e. The van der Waals surface area contributed by atoms with Crippen molar-refractivity contribution in [2.24, 2.45) is 0 Å². The summed E-state index contributed by atoms with van der Waals surface area (Å²) >= 11 is 0. The first-order valence-electron chi connectivity index (χ1n) is 7.48. The Labute approximate surface area is 109 Å². The first-order chi connectivity index (χ1) is 8.35. The lowest BCUT2D eigenvalue weighted by Gasteiger charge is -2.16. The van der Waals surface area contributed by atoms with Crippen molar-refractivity contribution in [3.63, 3.8) is 0 Å². The van der Waals surface area contributed by atoms with Gasteiger partial charge in [0.1, 0.15) is 0 Å². The van der Waals surface area contributed by atoms with Crippen LogP contribution in [0.4, 0.5) is 0 Å². The first-order valence-corrected chi connectivity index (χ1v) is 7.48. The first kappa shape index (κ1) is 16.5. The van der Waals surface area contributed by atoms with Gasteiger partial charge in [-0.05, 0) is 26.3 Å². The molecule has 1 unspecified atom stereocenters. The van der Waals surface area contributed by atoms with Crippen molar-refractivity contribution >= 4 is 0 Å². The Morgan fingerprint density at radius 1 is 0.941 bits per heavy atom. The molecule has 1 nitrogen and oxygen atoms in total. The lowest BCUT2D eigenvalue weighted by Crippen LogP contribution is -2.28. The van der Waals surface area contributed by atoms with Gasteiger partial charge in [-0.15, -0.1) is 11.8 Å². The fourth-order valence-electron chi connectivity index (χ4n) is 2.18. The summed E-state index contributed by atoms with van der Waals surface area (Å²) in [6.45, 7) is 7.48. The van der Waals surface area contributed by atoms with Crippen LogP contribution in [0, 0.1) is 11.8 Å². The summed E-state index contributed by atoms with van der Waals surface area (Å²) in [6.07, 6.45) is 11.9. The molecule has 0 aromatic heterocycles. The zero-order chi connectivity index (χ0) is 12.8. The molecule has 0 rings (SSSR count). The van der Waals surface area contributed by atoms with Crippen molar-refractivity contribution in [1.29, 1.82) is 0 Å². The molecule has 0 fully saturated rings. The molecule has 17 heavy (non-hydrogen) atoms. The topological polar surface area (TPSA) is 12.0 Å². The quantitative estimate of drug-likeness (QED) is 0.411. The molecule has 1 N–H and O–H groups in total. The average molecular weight is 237 g/mol. The van der Waals surface area contributed by atoms with Crippen LogP contribution in [0.15, 0.2) is 0 Å². The highest BCUT2D eigenvalue weighted by atomic mass is 14.9. The lowest BCUT2D eigenvalue weighted by atomic mass is 10.0. The predicted molar refractivity (Wildman–Crippen MR) is 78.1 cm³/mol. The van der Waals surface area contributed by atoms with Gasteiger partial charge in [-0.1, -0.05) is 52.4 Å². The van der Waals surface area contributed by atoms with E-state index in [1.807, 2.05) is 6.92 Å². The monoisotopic (exact) mass is 237 g/mol. The van der Waals surface area contributed by atoms with E-state index in [-0.39, 0.29) is 0 Å². The molecule has 0 amide bonds. The van der Waals surface area contributed by atoms with Gasteiger partial charge in [0.15, 0.2) is 0 Å². The zero-order valence-electron chi connectivity index (χ0n) is 12.1.